The summed E-state index contributed by atoms with van der Waals surface area (Å²) < 4.78 is 26.5. The first-order valence-electron chi connectivity index (χ1n) is 8.67. The van der Waals surface area contributed by atoms with Crippen molar-refractivity contribution in [2.45, 2.75) is 33.0 Å². The third-order valence-corrected chi connectivity index (χ3v) is 5.74. The Balaban J connectivity index is 1.70. The highest BCUT2D eigenvalue weighted by molar-refractivity contribution is 7.92. The Bertz CT molecular complexity index is 910. The van der Waals surface area contributed by atoms with Crippen molar-refractivity contribution in [3.05, 3.63) is 64.7 Å². The van der Waals surface area contributed by atoms with E-state index in [2.05, 4.69) is 27.5 Å². The Morgan fingerprint density at radius 3 is 2.69 bits per heavy atom. The molecule has 0 spiro atoms. The fourth-order valence-electron chi connectivity index (χ4n) is 2.99. The van der Waals surface area contributed by atoms with E-state index in [1.807, 2.05) is 6.07 Å². The molecule has 0 atom stereocenters. The van der Waals surface area contributed by atoms with Gasteiger partial charge in [0.15, 0.2) is 0 Å². The number of amides is 1. The molecule has 0 bridgehead atoms. The van der Waals surface area contributed by atoms with Crippen LogP contribution in [0.3, 0.4) is 0 Å². The van der Waals surface area contributed by atoms with Crippen LogP contribution in [0.4, 0.5) is 5.69 Å². The van der Waals surface area contributed by atoms with Crippen molar-refractivity contribution < 1.29 is 13.2 Å². The van der Waals surface area contributed by atoms with E-state index < -0.39 is 10.0 Å². The number of anilines is 1. The summed E-state index contributed by atoms with van der Waals surface area (Å²) in [6.45, 7) is 3.92. The number of para-hydroxylation sites is 1. The van der Waals surface area contributed by atoms with Gasteiger partial charge in [0.25, 0.3) is 5.91 Å². The molecule has 0 fully saturated rings. The molecule has 1 aliphatic heterocycles. The fourth-order valence-corrected chi connectivity index (χ4v) is 4.15. The molecule has 0 saturated heterocycles. The molecule has 1 amide bonds. The third kappa shape index (κ3) is 4.42. The highest BCUT2D eigenvalue weighted by Gasteiger charge is 2.16. The zero-order valence-electron chi connectivity index (χ0n) is 14.7. The van der Waals surface area contributed by atoms with Gasteiger partial charge in [-0.1, -0.05) is 37.3 Å². The van der Waals surface area contributed by atoms with E-state index in [1.54, 1.807) is 31.2 Å². The number of carbonyl (C=O) groups excluding carboxylic acids is 1. The smallest absolute Gasteiger partial charge is 0.253 e. The zero-order valence-corrected chi connectivity index (χ0v) is 15.5. The SMILES string of the molecule is CCCS(=O)(=O)Nc1ccccc1C(=O)NCc1ccc2c(c1)CNC2. The van der Waals surface area contributed by atoms with Crippen LogP contribution >= 0.6 is 0 Å². The lowest BCUT2D eigenvalue weighted by Gasteiger charge is -2.13. The minimum atomic E-state index is -3.45. The number of nitrogens with one attached hydrogen (secondary N) is 3. The summed E-state index contributed by atoms with van der Waals surface area (Å²) in [4.78, 5) is 12.6. The average molecular weight is 373 g/mol. The van der Waals surface area contributed by atoms with Crippen LogP contribution in [0.1, 0.15) is 40.4 Å². The largest absolute Gasteiger partial charge is 0.348 e. The summed E-state index contributed by atoms with van der Waals surface area (Å²) in [6, 6.07) is 12.8. The average Bonchev–Trinajstić information content (AvgIpc) is 3.07. The van der Waals surface area contributed by atoms with Gasteiger partial charge < -0.3 is 10.6 Å². The molecule has 0 saturated carbocycles. The maximum Gasteiger partial charge on any atom is 0.253 e. The Morgan fingerprint density at radius 1 is 1.12 bits per heavy atom. The summed E-state index contributed by atoms with van der Waals surface area (Å²) in [5.41, 5.74) is 4.18. The molecule has 1 aliphatic rings. The van der Waals surface area contributed by atoms with E-state index >= 15 is 0 Å². The van der Waals surface area contributed by atoms with Gasteiger partial charge in [-0.25, -0.2) is 8.42 Å². The first-order chi connectivity index (χ1) is 12.5. The molecule has 7 heteroatoms. The molecule has 6 nitrogen and oxygen atoms in total. The standard InChI is InChI=1S/C19H23N3O3S/c1-2-9-26(24,25)22-18-6-4-3-5-17(18)19(23)21-11-14-7-8-15-12-20-13-16(15)10-14/h3-8,10,20,22H,2,9,11-13H2,1H3,(H,21,23). The van der Waals surface area contributed by atoms with Crippen molar-refractivity contribution in [2.75, 3.05) is 10.5 Å². The van der Waals surface area contributed by atoms with Gasteiger partial charge in [0.1, 0.15) is 0 Å². The van der Waals surface area contributed by atoms with Crippen LogP contribution in [-0.4, -0.2) is 20.1 Å². The van der Waals surface area contributed by atoms with Gasteiger partial charge in [-0.2, -0.15) is 0 Å². The Kier molecular flexibility index (Phi) is 5.58. The van der Waals surface area contributed by atoms with Crippen molar-refractivity contribution in [1.29, 1.82) is 0 Å². The van der Waals surface area contributed by atoms with Gasteiger partial charge in [0, 0.05) is 19.6 Å². The normalized spacial score (nSPS) is 13.3. The first kappa shape index (κ1) is 18.4. The molecule has 138 valence electrons. The highest BCUT2D eigenvalue weighted by atomic mass is 32.2. The van der Waals surface area contributed by atoms with Crippen LogP contribution in [0.5, 0.6) is 0 Å². The number of fused-ring (bicyclic) bond motifs is 1. The summed E-state index contributed by atoms with van der Waals surface area (Å²) in [6.07, 6.45) is 0.511. The van der Waals surface area contributed by atoms with Crippen LogP contribution < -0.4 is 15.4 Å². The highest BCUT2D eigenvalue weighted by Crippen LogP contribution is 2.19. The van der Waals surface area contributed by atoms with Crippen LogP contribution in [0.25, 0.3) is 0 Å². The van der Waals surface area contributed by atoms with E-state index in [9.17, 15) is 13.2 Å². The van der Waals surface area contributed by atoms with Crippen molar-refractivity contribution in [1.82, 2.24) is 10.6 Å². The van der Waals surface area contributed by atoms with E-state index in [0.717, 1.165) is 18.7 Å². The molecule has 0 aromatic heterocycles. The third-order valence-electron chi connectivity index (χ3n) is 4.26. The first-order valence-corrected chi connectivity index (χ1v) is 10.3. The van der Waals surface area contributed by atoms with E-state index in [0.29, 0.717) is 24.2 Å². The number of carbonyl (C=O) groups is 1. The fraction of sp³-hybridized carbons (Fsp3) is 0.316. The van der Waals surface area contributed by atoms with Crippen molar-refractivity contribution in [3.8, 4) is 0 Å². The van der Waals surface area contributed by atoms with Crippen LogP contribution in [0.2, 0.25) is 0 Å². The molecule has 2 aromatic carbocycles. The summed E-state index contributed by atoms with van der Waals surface area (Å²) in [5.74, 6) is -0.287. The van der Waals surface area contributed by atoms with Crippen LogP contribution in [0, 0.1) is 0 Å². The van der Waals surface area contributed by atoms with Crippen LogP contribution in [0.15, 0.2) is 42.5 Å². The number of benzene rings is 2. The molecule has 0 radical (unpaired) electrons. The minimum absolute atomic E-state index is 0.0200. The lowest BCUT2D eigenvalue weighted by atomic mass is 10.1. The second kappa shape index (κ2) is 7.88. The van der Waals surface area contributed by atoms with Gasteiger partial charge in [-0.15, -0.1) is 0 Å². The predicted molar refractivity (Wildman–Crippen MR) is 102 cm³/mol. The molecule has 3 rings (SSSR count). The maximum atomic E-state index is 12.6. The molecular formula is C19H23N3O3S. The van der Waals surface area contributed by atoms with Gasteiger partial charge >= 0.3 is 0 Å². The quantitative estimate of drug-likeness (QED) is 0.695. The number of rotatable bonds is 7. The van der Waals surface area contributed by atoms with Gasteiger partial charge in [0.2, 0.25) is 10.0 Å². The van der Waals surface area contributed by atoms with Crippen molar-refractivity contribution in [2.24, 2.45) is 0 Å². The monoisotopic (exact) mass is 373 g/mol. The summed E-state index contributed by atoms with van der Waals surface area (Å²) in [5, 5.41) is 6.16. The minimum Gasteiger partial charge on any atom is -0.348 e. The number of sulfonamides is 1. The van der Waals surface area contributed by atoms with E-state index in [1.165, 1.54) is 11.1 Å². The van der Waals surface area contributed by atoms with E-state index in [4.69, 9.17) is 0 Å². The molecule has 26 heavy (non-hydrogen) atoms. The predicted octanol–water partition coefficient (Wildman–Crippen LogP) is 2.37. The van der Waals surface area contributed by atoms with Crippen molar-refractivity contribution >= 4 is 21.6 Å². The lowest BCUT2D eigenvalue weighted by Crippen LogP contribution is -2.25. The maximum absolute atomic E-state index is 12.6. The second-order valence-corrected chi connectivity index (χ2v) is 8.20. The summed E-state index contributed by atoms with van der Waals surface area (Å²) in [7, 11) is -3.45. The van der Waals surface area contributed by atoms with Crippen molar-refractivity contribution in [3.63, 3.8) is 0 Å². The van der Waals surface area contributed by atoms with Gasteiger partial charge in [-0.05, 0) is 35.2 Å². The topological polar surface area (TPSA) is 87.3 Å². The van der Waals surface area contributed by atoms with Crippen LogP contribution in [-0.2, 0) is 29.7 Å². The Hall–Kier alpha value is -2.38. The number of hydrogen-bond acceptors (Lipinski definition) is 4. The molecule has 0 unspecified atom stereocenters. The van der Waals surface area contributed by atoms with Gasteiger partial charge in [-0.3, -0.25) is 9.52 Å². The molecular weight excluding hydrogens is 350 g/mol. The lowest BCUT2D eigenvalue weighted by molar-refractivity contribution is 0.0952. The molecule has 3 N–H and O–H groups in total. The second-order valence-electron chi connectivity index (χ2n) is 6.36. The molecule has 0 aliphatic carbocycles. The zero-order chi connectivity index (χ0) is 18.6. The number of hydrogen-bond donors (Lipinski definition) is 3. The Labute approximate surface area is 154 Å². The Morgan fingerprint density at radius 2 is 1.88 bits per heavy atom. The van der Waals surface area contributed by atoms with Gasteiger partial charge in [0.05, 0.1) is 17.0 Å². The molecule has 1 heterocycles. The molecule has 2 aromatic rings. The summed E-state index contributed by atoms with van der Waals surface area (Å²) >= 11 is 0. The van der Waals surface area contributed by atoms with E-state index in [-0.39, 0.29) is 11.7 Å².